The van der Waals surface area contributed by atoms with Crippen molar-refractivity contribution in [2.24, 2.45) is 5.73 Å². The molecule has 0 fully saturated rings. The van der Waals surface area contributed by atoms with Crippen LogP contribution >= 0.6 is 0 Å². The number of nitro benzene ring substituents is 1. The first kappa shape index (κ1) is 20.8. The van der Waals surface area contributed by atoms with Gasteiger partial charge in [0, 0.05) is 22.8 Å². The number of ketones is 1. The summed E-state index contributed by atoms with van der Waals surface area (Å²) in [5, 5.41) is 10.7. The fraction of sp³-hybridized carbons (Fsp3) is 0.263. The monoisotopic (exact) mass is 358 g/mol. The van der Waals surface area contributed by atoms with Gasteiger partial charge in [0.1, 0.15) is 5.60 Å². The summed E-state index contributed by atoms with van der Waals surface area (Å²) in [7, 11) is 0. The molecule has 0 saturated carbocycles. The van der Waals surface area contributed by atoms with Crippen LogP contribution in [0.15, 0.2) is 48.5 Å². The fourth-order valence-electron chi connectivity index (χ4n) is 2.06. The van der Waals surface area contributed by atoms with Crippen LogP contribution in [0.25, 0.3) is 0 Å². The number of hydrogen-bond acceptors (Lipinski definition) is 5. The maximum Gasteiger partial charge on any atom is 0.405 e. The number of nitrogens with two attached hydrogens (primary N) is 1. The lowest BCUT2D eigenvalue weighted by Crippen LogP contribution is -2.27. The lowest BCUT2D eigenvalue weighted by atomic mass is 10.0. The molecule has 0 bridgehead atoms. The summed E-state index contributed by atoms with van der Waals surface area (Å²) in [6.45, 7) is 6.91. The van der Waals surface area contributed by atoms with Gasteiger partial charge in [-0.3, -0.25) is 14.9 Å². The van der Waals surface area contributed by atoms with Gasteiger partial charge in [0.15, 0.2) is 5.78 Å². The standard InChI is InChI=1S/C14H11NO3.C5H11NO2/c1-10-9-12(7-8-13(10)15(17)18)14(16)11-5-3-2-4-6-11;1-5(2,3)8-4(6)7/h2-9H,1H3;1-3H3,(H2,6,7). The van der Waals surface area contributed by atoms with Crippen LogP contribution in [0.5, 0.6) is 0 Å². The van der Waals surface area contributed by atoms with Crippen LogP contribution in [0.4, 0.5) is 10.5 Å². The first-order chi connectivity index (χ1) is 12.0. The SMILES string of the molecule is CC(C)(C)OC(N)=O.Cc1cc(C(=O)c2ccccc2)ccc1[N+](=O)[O-]. The molecule has 2 aromatic rings. The van der Waals surface area contributed by atoms with Crippen molar-refractivity contribution in [3.05, 3.63) is 75.3 Å². The summed E-state index contributed by atoms with van der Waals surface area (Å²) in [5.74, 6) is -0.131. The number of amides is 1. The van der Waals surface area contributed by atoms with E-state index in [9.17, 15) is 19.7 Å². The zero-order valence-corrected chi connectivity index (χ0v) is 15.2. The third kappa shape index (κ3) is 6.72. The molecule has 1 amide bonds. The molecule has 138 valence electrons. The predicted molar refractivity (Wildman–Crippen MR) is 98.1 cm³/mol. The van der Waals surface area contributed by atoms with E-state index in [1.807, 2.05) is 6.07 Å². The highest BCUT2D eigenvalue weighted by molar-refractivity contribution is 6.09. The molecule has 0 heterocycles. The lowest BCUT2D eigenvalue weighted by molar-refractivity contribution is -0.385. The molecule has 0 saturated heterocycles. The van der Waals surface area contributed by atoms with E-state index >= 15 is 0 Å². The van der Waals surface area contributed by atoms with E-state index in [0.29, 0.717) is 16.7 Å². The van der Waals surface area contributed by atoms with E-state index < -0.39 is 16.6 Å². The predicted octanol–water partition coefficient (Wildman–Crippen LogP) is 4.01. The van der Waals surface area contributed by atoms with E-state index in [2.05, 4.69) is 4.74 Å². The zero-order valence-electron chi connectivity index (χ0n) is 15.2. The Kier molecular flexibility index (Phi) is 7.01. The largest absolute Gasteiger partial charge is 0.444 e. The molecule has 0 spiro atoms. The van der Waals surface area contributed by atoms with Gasteiger partial charge in [-0.25, -0.2) is 4.79 Å². The third-order valence-corrected chi connectivity index (χ3v) is 3.10. The summed E-state index contributed by atoms with van der Waals surface area (Å²) in [4.78, 5) is 32.4. The third-order valence-electron chi connectivity index (χ3n) is 3.10. The highest BCUT2D eigenvalue weighted by Gasteiger charge is 2.14. The van der Waals surface area contributed by atoms with Gasteiger partial charge < -0.3 is 10.5 Å². The van der Waals surface area contributed by atoms with Crippen LogP contribution in [0.3, 0.4) is 0 Å². The Hall–Kier alpha value is -3.22. The normalized spacial score (nSPS) is 10.3. The average molecular weight is 358 g/mol. The number of carbonyl (C=O) groups excluding carboxylic acids is 2. The van der Waals surface area contributed by atoms with Gasteiger partial charge >= 0.3 is 6.09 Å². The Labute approximate surface area is 151 Å². The van der Waals surface area contributed by atoms with Crippen LogP contribution in [0, 0.1) is 17.0 Å². The summed E-state index contributed by atoms with van der Waals surface area (Å²) in [5.41, 5.74) is 5.82. The molecule has 7 nitrogen and oxygen atoms in total. The molecular weight excluding hydrogens is 336 g/mol. The van der Waals surface area contributed by atoms with Gasteiger partial charge in [0.05, 0.1) is 4.92 Å². The van der Waals surface area contributed by atoms with Crippen molar-refractivity contribution in [2.75, 3.05) is 0 Å². The molecule has 0 aliphatic rings. The molecule has 0 radical (unpaired) electrons. The summed E-state index contributed by atoms with van der Waals surface area (Å²) in [6, 6.07) is 13.2. The highest BCUT2D eigenvalue weighted by atomic mass is 16.6. The molecule has 0 unspecified atom stereocenters. The van der Waals surface area contributed by atoms with Crippen molar-refractivity contribution in [1.82, 2.24) is 0 Å². The number of hydrogen-bond donors (Lipinski definition) is 1. The molecule has 0 atom stereocenters. The smallest absolute Gasteiger partial charge is 0.405 e. The van der Waals surface area contributed by atoms with Gasteiger partial charge in [0.2, 0.25) is 0 Å². The Balaban J connectivity index is 0.000000359. The molecular formula is C19H22N2O5. The second kappa shape index (κ2) is 8.75. The number of benzene rings is 2. The van der Waals surface area contributed by atoms with Gasteiger partial charge in [-0.1, -0.05) is 30.3 Å². The van der Waals surface area contributed by atoms with E-state index in [1.54, 1.807) is 58.0 Å². The van der Waals surface area contributed by atoms with E-state index in [-0.39, 0.29) is 11.5 Å². The fourth-order valence-corrected chi connectivity index (χ4v) is 2.06. The second-order valence-electron chi connectivity index (χ2n) is 6.49. The molecule has 0 aliphatic heterocycles. The number of nitrogens with zero attached hydrogens (tertiary/aromatic N) is 1. The number of nitro groups is 1. The second-order valence-corrected chi connectivity index (χ2v) is 6.49. The van der Waals surface area contributed by atoms with Crippen LogP contribution in [-0.4, -0.2) is 22.4 Å². The van der Waals surface area contributed by atoms with Crippen LogP contribution in [-0.2, 0) is 4.74 Å². The number of rotatable bonds is 3. The molecule has 0 aliphatic carbocycles. The molecule has 26 heavy (non-hydrogen) atoms. The number of carbonyl (C=O) groups is 2. The summed E-state index contributed by atoms with van der Waals surface area (Å²) in [6.07, 6.45) is -0.725. The Morgan fingerprint density at radius 2 is 1.62 bits per heavy atom. The Morgan fingerprint density at radius 1 is 1.04 bits per heavy atom. The van der Waals surface area contributed by atoms with Crippen molar-refractivity contribution < 1.29 is 19.2 Å². The van der Waals surface area contributed by atoms with Crippen molar-refractivity contribution in [3.63, 3.8) is 0 Å². The van der Waals surface area contributed by atoms with Crippen molar-refractivity contribution >= 4 is 17.6 Å². The Bertz CT molecular complexity index is 795. The highest BCUT2D eigenvalue weighted by Crippen LogP contribution is 2.20. The van der Waals surface area contributed by atoms with Crippen molar-refractivity contribution in [2.45, 2.75) is 33.3 Å². The minimum Gasteiger partial charge on any atom is -0.444 e. The molecule has 2 aromatic carbocycles. The van der Waals surface area contributed by atoms with Gasteiger partial charge in [-0.2, -0.15) is 0 Å². The molecule has 2 N–H and O–H groups in total. The molecule has 7 heteroatoms. The van der Waals surface area contributed by atoms with Gasteiger partial charge in [-0.05, 0) is 39.8 Å². The maximum absolute atomic E-state index is 12.1. The van der Waals surface area contributed by atoms with Crippen LogP contribution in [0.1, 0.15) is 42.3 Å². The zero-order chi connectivity index (χ0) is 19.9. The summed E-state index contributed by atoms with van der Waals surface area (Å²) < 4.78 is 4.58. The van der Waals surface area contributed by atoms with Crippen LogP contribution in [0.2, 0.25) is 0 Å². The Morgan fingerprint density at radius 3 is 2.00 bits per heavy atom. The van der Waals surface area contributed by atoms with Crippen molar-refractivity contribution in [3.8, 4) is 0 Å². The van der Waals surface area contributed by atoms with Crippen LogP contribution < -0.4 is 5.73 Å². The van der Waals surface area contributed by atoms with Gasteiger partial charge in [-0.15, -0.1) is 0 Å². The average Bonchev–Trinajstić information content (AvgIpc) is 2.52. The van der Waals surface area contributed by atoms with Crippen molar-refractivity contribution in [1.29, 1.82) is 0 Å². The molecule has 0 aromatic heterocycles. The first-order valence-corrected chi connectivity index (χ1v) is 7.84. The minimum absolute atomic E-state index is 0.0274. The number of aryl methyl sites for hydroxylation is 1. The maximum atomic E-state index is 12.1. The van der Waals surface area contributed by atoms with Gasteiger partial charge in [0.25, 0.3) is 5.69 Å². The lowest BCUT2D eigenvalue weighted by Gasteiger charge is -2.16. The minimum atomic E-state index is -0.725. The van der Waals surface area contributed by atoms with E-state index in [4.69, 9.17) is 5.73 Å². The van der Waals surface area contributed by atoms with E-state index in [1.165, 1.54) is 12.1 Å². The molecule has 2 rings (SSSR count). The van der Waals surface area contributed by atoms with E-state index in [0.717, 1.165) is 0 Å². The quantitative estimate of drug-likeness (QED) is 0.506. The topological polar surface area (TPSA) is 113 Å². The number of ether oxygens (including phenoxy) is 1. The summed E-state index contributed by atoms with van der Waals surface area (Å²) >= 11 is 0. The number of primary amides is 1. The first-order valence-electron chi connectivity index (χ1n) is 7.84.